The third-order valence-electron chi connectivity index (χ3n) is 6.47. The first-order valence-electron chi connectivity index (χ1n) is 10.6. The number of nitrogen functional groups attached to an aromatic ring is 1. The second-order valence-corrected chi connectivity index (χ2v) is 8.31. The van der Waals surface area contributed by atoms with Crippen LogP contribution in [0.4, 0.5) is 15.0 Å². The standard InChI is InChI=1S/C23H25FN6O/c1-2-26-22(31)29-9-7-23(14-29)8-10-30-20(23)12-19(28-30)15-11-17(21(25)27-13-15)16-5-3-4-6-18(16)24/h3-6,11-13H,2,7-10,14H2,1H3,(H2,25,27)(H,26,31)/t23-/m1/s1. The molecule has 0 bridgehead atoms. The molecule has 5 rings (SSSR count). The monoisotopic (exact) mass is 420 g/mol. The number of hydrogen-bond acceptors (Lipinski definition) is 4. The molecule has 31 heavy (non-hydrogen) atoms. The zero-order valence-electron chi connectivity index (χ0n) is 17.4. The Kier molecular flexibility index (Phi) is 4.64. The van der Waals surface area contributed by atoms with Crippen molar-refractivity contribution < 1.29 is 9.18 Å². The lowest BCUT2D eigenvalue weighted by atomic mass is 9.82. The van der Waals surface area contributed by atoms with Crippen molar-refractivity contribution in [3.05, 3.63) is 54.1 Å². The van der Waals surface area contributed by atoms with E-state index in [1.54, 1.807) is 24.4 Å². The number of carbonyl (C=O) groups excluding carboxylic acids is 1. The van der Waals surface area contributed by atoms with E-state index >= 15 is 0 Å². The molecule has 3 aromatic rings. The number of anilines is 1. The molecule has 0 unspecified atom stereocenters. The number of benzene rings is 1. The van der Waals surface area contributed by atoms with E-state index in [0.29, 0.717) is 24.2 Å². The summed E-state index contributed by atoms with van der Waals surface area (Å²) in [5, 5.41) is 7.69. The molecule has 1 aromatic carbocycles. The van der Waals surface area contributed by atoms with Gasteiger partial charge in [0.15, 0.2) is 0 Å². The Morgan fingerprint density at radius 1 is 1.23 bits per heavy atom. The van der Waals surface area contributed by atoms with E-state index in [4.69, 9.17) is 10.8 Å². The molecule has 1 atom stereocenters. The van der Waals surface area contributed by atoms with Crippen LogP contribution in [0.15, 0.2) is 42.6 Å². The van der Waals surface area contributed by atoms with Crippen LogP contribution in [0, 0.1) is 5.82 Å². The number of pyridine rings is 1. The van der Waals surface area contributed by atoms with Gasteiger partial charge in [-0.1, -0.05) is 18.2 Å². The van der Waals surface area contributed by atoms with Gasteiger partial charge in [-0.15, -0.1) is 0 Å². The third-order valence-corrected chi connectivity index (χ3v) is 6.47. The lowest BCUT2D eigenvalue weighted by Crippen LogP contribution is -2.40. The van der Waals surface area contributed by atoms with Gasteiger partial charge in [-0.3, -0.25) is 4.68 Å². The minimum absolute atomic E-state index is 0.00479. The molecule has 2 aliphatic heterocycles. The van der Waals surface area contributed by atoms with E-state index in [1.807, 2.05) is 22.6 Å². The van der Waals surface area contributed by atoms with Gasteiger partial charge >= 0.3 is 6.03 Å². The highest BCUT2D eigenvalue weighted by Gasteiger charge is 2.46. The molecule has 1 saturated heterocycles. The van der Waals surface area contributed by atoms with Crippen molar-refractivity contribution in [1.29, 1.82) is 0 Å². The molecule has 160 valence electrons. The van der Waals surface area contributed by atoms with Gasteiger partial charge in [0.25, 0.3) is 0 Å². The summed E-state index contributed by atoms with van der Waals surface area (Å²) in [5.41, 5.74) is 9.71. The van der Waals surface area contributed by atoms with Gasteiger partial charge in [0.05, 0.1) is 5.69 Å². The molecule has 4 heterocycles. The van der Waals surface area contributed by atoms with Crippen LogP contribution < -0.4 is 11.1 Å². The number of amides is 2. The molecule has 2 aliphatic rings. The summed E-state index contributed by atoms with van der Waals surface area (Å²) in [6.45, 7) is 4.81. The maximum Gasteiger partial charge on any atom is 0.317 e. The lowest BCUT2D eigenvalue weighted by Gasteiger charge is -2.23. The largest absolute Gasteiger partial charge is 0.383 e. The van der Waals surface area contributed by atoms with Crippen molar-refractivity contribution in [1.82, 2.24) is 25.0 Å². The molecular weight excluding hydrogens is 395 g/mol. The Morgan fingerprint density at radius 3 is 2.84 bits per heavy atom. The number of aryl methyl sites for hydroxylation is 1. The average molecular weight is 420 g/mol. The van der Waals surface area contributed by atoms with Crippen molar-refractivity contribution in [3.63, 3.8) is 0 Å². The second kappa shape index (κ2) is 7.37. The molecule has 2 aromatic heterocycles. The zero-order valence-corrected chi connectivity index (χ0v) is 17.4. The molecule has 2 amide bonds. The van der Waals surface area contributed by atoms with E-state index in [9.17, 15) is 9.18 Å². The number of nitrogens with two attached hydrogens (primary N) is 1. The maximum atomic E-state index is 14.3. The first-order chi connectivity index (χ1) is 15.0. The molecule has 7 nitrogen and oxygen atoms in total. The predicted molar refractivity (Wildman–Crippen MR) is 117 cm³/mol. The van der Waals surface area contributed by atoms with Crippen LogP contribution in [0.25, 0.3) is 22.4 Å². The summed E-state index contributed by atoms with van der Waals surface area (Å²) in [7, 11) is 0. The number of fused-ring (bicyclic) bond motifs is 2. The van der Waals surface area contributed by atoms with Gasteiger partial charge in [0, 0.05) is 60.2 Å². The summed E-state index contributed by atoms with van der Waals surface area (Å²) in [5.74, 6) is -0.0544. The fourth-order valence-electron chi connectivity index (χ4n) is 4.84. The van der Waals surface area contributed by atoms with E-state index in [1.165, 1.54) is 6.07 Å². The van der Waals surface area contributed by atoms with Gasteiger partial charge in [-0.25, -0.2) is 14.2 Å². The lowest BCUT2D eigenvalue weighted by molar-refractivity contribution is 0.206. The van der Waals surface area contributed by atoms with E-state index in [0.717, 1.165) is 42.9 Å². The number of nitrogens with zero attached hydrogens (tertiary/aromatic N) is 4. The Labute approximate surface area is 180 Å². The number of hydrogen-bond donors (Lipinski definition) is 2. The van der Waals surface area contributed by atoms with Crippen LogP contribution in [0.1, 0.15) is 25.5 Å². The topological polar surface area (TPSA) is 89.1 Å². The quantitative estimate of drug-likeness (QED) is 0.680. The summed E-state index contributed by atoms with van der Waals surface area (Å²) < 4.78 is 16.4. The second-order valence-electron chi connectivity index (χ2n) is 8.31. The van der Waals surface area contributed by atoms with Gasteiger partial charge in [0.2, 0.25) is 0 Å². The number of halogens is 1. The number of urea groups is 1. The van der Waals surface area contributed by atoms with E-state index in [2.05, 4.69) is 16.4 Å². The summed E-state index contributed by atoms with van der Waals surface area (Å²) in [6, 6.07) is 10.5. The Morgan fingerprint density at radius 2 is 2.03 bits per heavy atom. The van der Waals surface area contributed by atoms with Crippen LogP contribution in [0.5, 0.6) is 0 Å². The zero-order chi connectivity index (χ0) is 21.6. The summed E-state index contributed by atoms with van der Waals surface area (Å²) in [4.78, 5) is 18.5. The Balaban J connectivity index is 1.47. The van der Waals surface area contributed by atoms with Crippen LogP contribution >= 0.6 is 0 Å². The van der Waals surface area contributed by atoms with Gasteiger partial charge in [-0.2, -0.15) is 5.10 Å². The van der Waals surface area contributed by atoms with Gasteiger partial charge < -0.3 is 16.0 Å². The maximum absolute atomic E-state index is 14.3. The van der Waals surface area contributed by atoms with Crippen LogP contribution in [0.2, 0.25) is 0 Å². The van der Waals surface area contributed by atoms with Crippen molar-refractivity contribution in [3.8, 4) is 22.4 Å². The molecule has 1 fully saturated rings. The molecule has 1 spiro atoms. The summed E-state index contributed by atoms with van der Waals surface area (Å²) >= 11 is 0. The molecule has 0 saturated carbocycles. The van der Waals surface area contributed by atoms with Gasteiger partial charge in [0.1, 0.15) is 11.6 Å². The number of aromatic nitrogens is 3. The number of carbonyl (C=O) groups is 1. The highest BCUT2D eigenvalue weighted by atomic mass is 19.1. The molecule has 0 radical (unpaired) electrons. The molecule has 3 N–H and O–H groups in total. The highest BCUT2D eigenvalue weighted by Crippen LogP contribution is 2.44. The molecular formula is C23H25FN6O. The smallest absolute Gasteiger partial charge is 0.317 e. The SMILES string of the molecule is CCNC(=O)N1CC[C@@]2(CCn3nc(-c4cnc(N)c(-c5ccccc5F)c4)cc32)C1. The van der Waals surface area contributed by atoms with Crippen molar-refractivity contribution in [2.75, 3.05) is 25.4 Å². The number of rotatable bonds is 3. The fourth-order valence-corrected chi connectivity index (χ4v) is 4.84. The number of nitrogens with one attached hydrogen (secondary N) is 1. The Hall–Kier alpha value is -3.42. The average Bonchev–Trinajstić information content (AvgIpc) is 3.46. The predicted octanol–water partition coefficient (Wildman–Crippen LogP) is 3.41. The van der Waals surface area contributed by atoms with Crippen molar-refractivity contribution in [2.24, 2.45) is 0 Å². The van der Waals surface area contributed by atoms with Crippen LogP contribution in [-0.2, 0) is 12.0 Å². The number of likely N-dealkylation sites (tertiary alicyclic amines) is 1. The molecule has 0 aliphatic carbocycles. The van der Waals surface area contributed by atoms with Crippen LogP contribution in [0.3, 0.4) is 0 Å². The first-order valence-corrected chi connectivity index (χ1v) is 10.6. The van der Waals surface area contributed by atoms with Crippen molar-refractivity contribution >= 4 is 11.8 Å². The van der Waals surface area contributed by atoms with E-state index in [-0.39, 0.29) is 23.1 Å². The minimum atomic E-state index is -0.337. The van der Waals surface area contributed by atoms with Gasteiger partial charge in [-0.05, 0) is 38.0 Å². The first kappa shape index (κ1) is 19.5. The summed E-state index contributed by atoms with van der Waals surface area (Å²) in [6.07, 6.45) is 3.59. The highest BCUT2D eigenvalue weighted by molar-refractivity contribution is 5.79. The fraction of sp³-hybridized carbons (Fsp3) is 0.348. The Bertz CT molecular complexity index is 1160. The molecule has 8 heteroatoms. The van der Waals surface area contributed by atoms with Crippen molar-refractivity contribution in [2.45, 2.75) is 31.7 Å². The minimum Gasteiger partial charge on any atom is -0.383 e. The van der Waals surface area contributed by atoms with E-state index < -0.39 is 0 Å². The van der Waals surface area contributed by atoms with Crippen LogP contribution in [-0.4, -0.2) is 45.3 Å². The third kappa shape index (κ3) is 3.22. The normalized spacial score (nSPS) is 19.7.